The molecule has 0 atom stereocenters. The molecule has 3 aromatic rings. The van der Waals surface area contributed by atoms with Gasteiger partial charge in [0.15, 0.2) is 11.5 Å². The van der Waals surface area contributed by atoms with E-state index in [0.717, 1.165) is 11.1 Å². The van der Waals surface area contributed by atoms with Crippen molar-refractivity contribution >= 4 is 26.9 Å². The molecule has 1 aromatic carbocycles. The third-order valence-electron chi connectivity index (χ3n) is 3.20. The molecule has 2 heterocycles. The Hall–Kier alpha value is -2.41. The number of hydrogen-bond acceptors (Lipinski definition) is 4. The Labute approximate surface area is 122 Å². The predicted octanol–water partition coefficient (Wildman–Crippen LogP) is 2.21. The fourth-order valence-corrected chi connectivity index (χ4v) is 3.35. The summed E-state index contributed by atoms with van der Waals surface area (Å²) in [5, 5.41) is 7.31. The van der Waals surface area contributed by atoms with Gasteiger partial charge in [0.05, 0.1) is 11.1 Å². The van der Waals surface area contributed by atoms with Crippen LogP contribution in [-0.2, 0) is 15.8 Å². The first-order valence-electron chi connectivity index (χ1n) is 6.39. The fourth-order valence-electron chi connectivity index (χ4n) is 2.09. The number of fused-ring (bicyclic) bond motifs is 1. The van der Waals surface area contributed by atoms with Gasteiger partial charge in [-0.25, -0.2) is 13.4 Å². The minimum Gasteiger partial charge on any atom is -0.265 e. The summed E-state index contributed by atoms with van der Waals surface area (Å²) in [5.74, 6) is 0.181. The van der Waals surface area contributed by atoms with E-state index in [-0.39, 0.29) is 11.6 Å². The third-order valence-corrected chi connectivity index (χ3v) is 4.39. The van der Waals surface area contributed by atoms with Crippen molar-refractivity contribution in [1.29, 1.82) is 0 Å². The number of aromatic amines is 1. The van der Waals surface area contributed by atoms with Crippen molar-refractivity contribution in [3.8, 4) is 0 Å². The van der Waals surface area contributed by atoms with Gasteiger partial charge in [-0.1, -0.05) is 24.3 Å². The Bertz CT molecular complexity index is 887. The first-order valence-corrected chi connectivity index (χ1v) is 8.04. The maximum atomic E-state index is 12.3. The Kier molecular flexibility index (Phi) is 3.34. The van der Waals surface area contributed by atoms with E-state index in [0.29, 0.717) is 11.0 Å². The Morgan fingerprint density at radius 2 is 2.00 bits per heavy atom. The average Bonchev–Trinajstić information content (AvgIpc) is 2.84. The second-order valence-corrected chi connectivity index (χ2v) is 6.48. The number of hydrogen-bond donors (Lipinski definition) is 2. The van der Waals surface area contributed by atoms with Gasteiger partial charge in [-0.2, -0.15) is 5.10 Å². The number of nitrogens with zero attached hydrogens (tertiary/aromatic N) is 2. The summed E-state index contributed by atoms with van der Waals surface area (Å²) in [5.41, 5.74) is 2.26. The minimum absolute atomic E-state index is 0.0890. The molecule has 0 unspecified atom stereocenters. The molecule has 2 aromatic heterocycles. The molecule has 3 rings (SSSR count). The number of benzene rings is 1. The number of pyridine rings is 1. The van der Waals surface area contributed by atoms with E-state index in [4.69, 9.17) is 0 Å². The second kappa shape index (κ2) is 5.17. The Morgan fingerprint density at radius 3 is 2.81 bits per heavy atom. The summed E-state index contributed by atoms with van der Waals surface area (Å²) < 4.78 is 27.1. The van der Waals surface area contributed by atoms with Gasteiger partial charge < -0.3 is 0 Å². The molecular weight excluding hydrogens is 288 g/mol. The maximum absolute atomic E-state index is 12.3. The predicted molar refractivity (Wildman–Crippen MR) is 81.3 cm³/mol. The summed E-state index contributed by atoms with van der Waals surface area (Å²) in [6, 6.07) is 10.9. The second-order valence-electron chi connectivity index (χ2n) is 4.76. The number of sulfonamides is 1. The van der Waals surface area contributed by atoms with Crippen LogP contribution >= 0.6 is 0 Å². The highest BCUT2D eigenvalue weighted by atomic mass is 32.2. The van der Waals surface area contributed by atoms with E-state index < -0.39 is 10.0 Å². The third kappa shape index (κ3) is 2.87. The largest absolute Gasteiger partial charge is 0.265 e. The van der Waals surface area contributed by atoms with Crippen LogP contribution in [0.1, 0.15) is 11.1 Å². The number of H-pyrrole nitrogens is 1. The molecule has 7 heteroatoms. The lowest BCUT2D eigenvalue weighted by Crippen LogP contribution is -2.16. The number of nitrogens with one attached hydrogen (secondary N) is 2. The normalized spacial score (nSPS) is 11.7. The standard InChI is InChI=1S/C14H14N4O2S/c1-10-5-2-3-6-11(10)9-21(19,20)18-14-12-7-4-8-15-13(12)16-17-14/h2-8H,9H2,1H3,(H2,15,16,17,18). The number of aromatic nitrogens is 3. The van der Waals surface area contributed by atoms with E-state index in [1.165, 1.54) is 0 Å². The van der Waals surface area contributed by atoms with Crippen molar-refractivity contribution < 1.29 is 8.42 Å². The lowest BCUT2D eigenvalue weighted by Gasteiger charge is -2.08. The van der Waals surface area contributed by atoms with Gasteiger partial charge in [0, 0.05) is 6.20 Å². The molecule has 0 saturated carbocycles. The molecule has 0 aliphatic heterocycles. The Morgan fingerprint density at radius 1 is 1.19 bits per heavy atom. The van der Waals surface area contributed by atoms with Crippen LogP contribution < -0.4 is 4.72 Å². The van der Waals surface area contributed by atoms with E-state index in [2.05, 4.69) is 19.9 Å². The van der Waals surface area contributed by atoms with E-state index >= 15 is 0 Å². The van der Waals surface area contributed by atoms with Crippen molar-refractivity contribution in [2.75, 3.05) is 4.72 Å². The highest BCUT2D eigenvalue weighted by Gasteiger charge is 2.16. The Balaban J connectivity index is 1.88. The molecule has 0 fully saturated rings. The van der Waals surface area contributed by atoms with Crippen molar-refractivity contribution in [3.63, 3.8) is 0 Å². The van der Waals surface area contributed by atoms with Gasteiger partial charge in [0.25, 0.3) is 0 Å². The maximum Gasteiger partial charge on any atom is 0.238 e. The topological polar surface area (TPSA) is 87.7 Å². The van der Waals surface area contributed by atoms with Crippen molar-refractivity contribution in [2.24, 2.45) is 0 Å². The molecule has 0 aliphatic carbocycles. The summed E-state index contributed by atoms with van der Waals surface area (Å²) in [6.45, 7) is 1.89. The fraction of sp³-hybridized carbons (Fsp3) is 0.143. The molecule has 21 heavy (non-hydrogen) atoms. The monoisotopic (exact) mass is 302 g/mol. The molecule has 0 radical (unpaired) electrons. The van der Waals surface area contributed by atoms with Gasteiger partial charge in [-0.05, 0) is 30.2 Å². The van der Waals surface area contributed by atoms with Crippen LogP contribution in [0, 0.1) is 6.92 Å². The number of anilines is 1. The molecule has 0 amide bonds. The molecular formula is C14H14N4O2S. The van der Waals surface area contributed by atoms with Gasteiger partial charge in [0.2, 0.25) is 10.0 Å². The van der Waals surface area contributed by atoms with Crippen LogP contribution in [0.2, 0.25) is 0 Å². The number of aryl methyl sites for hydroxylation is 1. The van der Waals surface area contributed by atoms with Gasteiger partial charge in [-0.15, -0.1) is 0 Å². The molecule has 108 valence electrons. The molecule has 0 bridgehead atoms. The van der Waals surface area contributed by atoms with Gasteiger partial charge in [-0.3, -0.25) is 9.82 Å². The highest BCUT2D eigenvalue weighted by Crippen LogP contribution is 2.20. The average molecular weight is 302 g/mol. The van der Waals surface area contributed by atoms with Gasteiger partial charge >= 0.3 is 0 Å². The first-order chi connectivity index (χ1) is 10.1. The summed E-state index contributed by atoms with van der Waals surface area (Å²) in [4.78, 5) is 4.08. The van der Waals surface area contributed by atoms with Crippen LogP contribution in [0.15, 0.2) is 42.6 Å². The van der Waals surface area contributed by atoms with Crippen molar-refractivity contribution in [3.05, 3.63) is 53.7 Å². The quantitative estimate of drug-likeness (QED) is 0.773. The molecule has 2 N–H and O–H groups in total. The smallest absolute Gasteiger partial charge is 0.238 e. The molecule has 0 spiro atoms. The molecule has 0 aliphatic rings. The van der Waals surface area contributed by atoms with Crippen LogP contribution in [0.5, 0.6) is 0 Å². The summed E-state index contributed by atoms with van der Waals surface area (Å²) >= 11 is 0. The minimum atomic E-state index is -3.53. The van der Waals surface area contributed by atoms with E-state index in [1.54, 1.807) is 24.4 Å². The lowest BCUT2D eigenvalue weighted by molar-refractivity contribution is 0.600. The summed E-state index contributed by atoms with van der Waals surface area (Å²) in [6.07, 6.45) is 1.62. The van der Waals surface area contributed by atoms with E-state index in [9.17, 15) is 8.42 Å². The SMILES string of the molecule is Cc1ccccc1CS(=O)(=O)Nc1n[nH]c2ncccc12. The first kappa shape index (κ1) is 13.6. The lowest BCUT2D eigenvalue weighted by atomic mass is 10.1. The van der Waals surface area contributed by atoms with Crippen LogP contribution in [0.3, 0.4) is 0 Å². The van der Waals surface area contributed by atoms with Crippen LogP contribution in [0.25, 0.3) is 11.0 Å². The van der Waals surface area contributed by atoms with Crippen LogP contribution in [0.4, 0.5) is 5.82 Å². The zero-order chi connectivity index (χ0) is 14.9. The molecule has 6 nitrogen and oxygen atoms in total. The van der Waals surface area contributed by atoms with E-state index in [1.807, 2.05) is 25.1 Å². The highest BCUT2D eigenvalue weighted by molar-refractivity contribution is 7.91. The van der Waals surface area contributed by atoms with Gasteiger partial charge in [0.1, 0.15) is 0 Å². The molecule has 0 saturated heterocycles. The zero-order valence-corrected chi connectivity index (χ0v) is 12.2. The number of rotatable bonds is 4. The van der Waals surface area contributed by atoms with Crippen LogP contribution in [-0.4, -0.2) is 23.6 Å². The van der Waals surface area contributed by atoms with Crippen molar-refractivity contribution in [1.82, 2.24) is 15.2 Å². The van der Waals surface area contributed by atoms with Crippen molar-refractivity contribution in [2.45, 2.75) is 12.7 Å². The zero-order valence-electron chi connectivity index (χ0n) is 11.4. The summed E-state index contributed by atoms with van der Waals surface area (Å²) in [7, 11) is -3.53.